The van der Waals surface area contributed by atoms with Gasteiger partial charge < -0.3 is 10.2 Å². The fourth-order valence-electron chi connectivity index (χ4n) is 3.25. The van der Waals surface area contributed by atoms with Gasteiger partial charge in [-0.1, -0.05) is 5.16 Å². The largest absolute Gasteiger partial charge is 0.387 e. The first-order valence-corrected chi connectivity index (χ1v) is 8.09. The summed E-state index contributed by atoms with van der Waals surface area (Å²) in [5.74, 6) is 0.0435. The average Bonchev–Trinajstić information content (AvgIpc) is 3.07. The number of hydrogen-bond acceptors (Lipinski definition) is 4. The van der Waals surface area contributed by atoms with Crippen molar-refractivity contribution in [1.29, 1.82) is 0 Å². The van der Waals surface area contributed by atoms with E-state index in [-0.39, 0.29) is 5.91 Å². The minimum absolute atomic E-state index is 0.0435. The Balaban J connectivity index is 1.46. The van der Waals surface area contributed by atoms with Crippen LogP contribution in [0.2, 0.25) is 0 Å². The highest BCUT2D eigenvalue weighted by Crippen LogP contribution is 2.23. The van der Waals surface area contributed by atoms with Crippen LogP contribution >= 0.6 is 0 Å². The van der Waals surface area contributed by atoms with Crippen molar-refractivity contribution in [3.8, 4) is 0 Å². The highest BCUT2D eigenvalue weighted by molar-refractivity contribution is 5.83. The second kappa shape index (κ2) is 6.10. The molecule has 0 bridgehead atoms. The maximum absolute atomic E-state index is 12.0. The third-order valence-electron chi connectivity index (χ3n) is 4.44. The lowest BCUT2D eigenvalue weighted by Gasteiger charge is -2.21. The van der Waals surface area contributed by atoms with Crippen LogP contribution < -0.4 is 5.32 Å². The fourth-order valence-corrected chi connectivity index (χ4v) is 3.25. The van der Waals surface area contributed by atoms with Crippen molar-refractivity contribution in [2.24, 2.45) is 5.16 Å². The average molecular weight is 304 g/mol. The Hall–Kier alpha value is -1.85. The van der Waals surface area contributed by atoms with E-state index in [0.29, 0.717) is 19.4 Å². The number of amides is 1. The summed E-state index contributed by atoms with van der Waals surface area (Å²) in [6, 6.07) is 0. The Kier molecular flexibility index (Phi) is 4.18. The van der Waals surface area contributed by atoms with E-state index >= 15 is 0 Å². The number of nitrogens with zero attached hydrogens (tertiary/aromatic N) is 2. The van der Waals surface area contributed by atoms with Gasteiger partial charge in [-0.3, -0.25) is 9.89 Å². The van der Waals surface area contributed by atoms with E-state index in [9.17, 15) is 4.79 Å². The Morgan fingerprint density at radius 1 is 1.41 bits per heavy atom. The number of aryl methyl sites for hydroxylation is 2. The molecule has 0 fully saturated rings. The Labute approximate surface area is 130 Å². The molecule has 1 unspecified atom stereocenters. The number of fused-ring (bicyclic) bond motifs is 1. The lowest BCUT2D eigenvalue weighted by Crippen LogP contribution is -2.40. The Morgan fingerprint density at radius 3 is 3.00 bits per heavy atom. The standard InChI is InChI=1S/C16H24N4O2/c1-11-9-16(2,22-20-11)10-17-15(21)8-7-14-12-5-3-4-6-13(12)18-19-14/h3-10H2,1-2H3,(H,17,21)(H,18,19). The molecule has 1 aliphatic heterocycles. The molecule has 6 heteroatoms. The molecule has 1 atom stereocenters. The van der Waals surface area contributed by atoms with Crippen molar-refractivity contribution in [1.82, 2.24) is 15.5 Å². The number of aromatic nitrogens is 2. The van der Waals surface area contributed by atoms with Gasteiger partial charge in [0.15, 0.2) is 5.60 Å². The van der Waals surface area contributed by atoms with Gasteiger partial charge in [-0.05, 0) is 45.1 Å². The van der Waals surface area contributed by atoms with Gasteiger partial charge in [0.05, 0.1) is 18.0 Å². The molecule has 120 valence electrons. The molecule has 1 aromatic heterocycles. The molecule has 1 amide bonds. The molecule has 2 N–H and O–H groups in total. The van der Waals surface area contributed by atoms with E-state index in [1.54, 1.807) is 0 Å². The van der Waals surface area contributed by atoms with E-state index in [1.807, 2.05) is 13.8 Å². The number of oxime groups is 1. The number of nitrogens with one attached hydrogen (secondary N) is 2. The molecule has 3 rings (SSSR count). The molecular weight excluding hydrogens is 280 g/mol. The first kappa shape index (κ1) is 15.1. The van der Waals surface area contributed by atoms with Gasteiger partial charge in [-0.15, -0.1) is 0 Å². The number of hydrogen-bond donors (Lipinski definition) is 2. The Morgan fingerprint density at radius 2 is 2.23 bits per heavy atom. The molecule has 1 aliphatic carbocycles. The smallest absolute Gasteiger partial charge is 0.220 e. The highest BCUT2D eigenvalue weighted by Gasteiger charge is 2.32. The minimum atomic E-state index is -0.398. The molecule has 1 aromatic rings. The number of H-pyrrole nitrogens is 1. The van der Waals surface area contributed by atoms with Gasteiger partial charge >= 0.3 is 0 Å². The van der Waals surface area contributed by atoms with Gasteiger partial charge in [0.25, 0.3) is 0 Å². The van der Waals surface area contributed by atoms with E-state index in [2.05, 4.69) is 20.7 Å². The topological polar surface area (TPSA) is 79.4 Å². The van der Waals surface area contributed by atoms with Crippen LogP contribution in [0.25, 0.3) is 0 Å². The maximum Gasteiger partial charge on any atom is 0.220 e. The van der Waals surface area contributed by atoms with Crippen molar-refractivity contribution in [3.63, 3.8) is 0 Å². The summed E-state index contributed by atoms with van der Waals surface area (Å²) < 4.78 is 0. The number of rotatable bonds is 5. The van der Waals surface area contributed by atoms with Crippen LogP contribution in [0.4, 0.5) is 0 Å². The molecule has 0 saturated carbocycles. The number of carbonyl (C=O) groups is 1. The lowest BCUT2D eigenvalue weighted by atomic mass is 9.94. The third kappa shape index (κ3) is 3.31. The summed E-state index contributed by atoms with van der Waals surface area (Å²) in [6.07, 6.45) is 6.56. The fraction of sp³-hybridized carbons (Fsp3) is 0.688. The number of aromatic amines is 1. The van der Waals surface area contributed by atoms with Crippen LogP contribution in [0.3, 0.4) is 0 Å². The molecule has 0 radical (unpaired) electrons. The van der Waals surface area contributed by atoms with E-state index < -0.39 is 5.60 Å². The first-order valence-electron chi connectivity index (χ1n) is 8.09. The zero-order chi connectivity index (χ0) is 15.6. The van der Waals surface area contributed by atoms with Crippen molar-refractivity contribution in [2.45, 2.75) is 64.4 Å². The monoisotopic (exact) mass is 304 g/mol. The molecule has 2 aliphatic rings. The van der Waals surface area contributed by atoms with E-state index in [4.69, 9.17) is 4.84 Å². The molecule has 0 saturated heterocycles. The van der Waals surface area contributed by atoms with Gasteiger partial charge in [0.1, 0.15) is 0 Å². The van der Waals surface area contributed by atoms with Crippen LogP contribution in [-0.2, 0) is 28.9 Å². The molecule has 22 heavy (non-hydrogen) atoms. The summed E-state index contributed by atoms with van der Waals surface area (Å²) in [6.45, 7) is 4.40. The summed E-state index contributed by atoms with van der Waals surface area (Å²) in [5.41, 5.74) is 4.24. The van der Waals surface area contributed by atoms with E-state index in [0.717, 1.165) is 30.7 Å². The lowest BCUT2D eigenvalue weighted by molar-refractivity contribution is -0.122. The molecule has 6 nitrogen and oxygen atoms in total. The zero-order valence-corrected chi connectivity index (χ0v) is 13.4. The van der Waals surface area contributed by atoms with Gasteiger partial charge in [-0.2, -0.15) is 5.10 Å². The number of carbonyl (C=O) groups excluding carboxylic acids is 1. The van der Waals surface area contributed by atoms with Gasteiger partial charge in [-0.25, -0.2) is 0 Å². The SMILES string of the molecule is CC1=NOC(C)(CNC(=O)CCc2n[nH]c3c2CCCC3)C1. The first-order chi connectivity index (χ1) is 10.6. The summed E-state index contributed by atoms with van der Waals surface area (Å²) in [7, 11) is 0. The van der Waals surface area contributed by atoms with Crippen LogP contribution in [0.15, 0.2) is 5.16 Å². The molecule has 0 aromatic carbocycles. The predicted molar refractivity (Wildman–Crippen MR) is 83.8 cm³/mol. The van der Waals surface area contributed by atoms with Crippen LogP contribution in [0.5, 0.6) is 0 Å². The Bertz CT molecular complexity index is 593. The quantitative estimate of drug-likeness (QED) is 0.872. The van der Waals surface area contributed by atoms with E-state index in [1.165, 1.54) is 24.1 Å². The van der Waals surface area contributed by atoms with Crippen molar-refractivity contribution >= 4 is 11.6 Å². The highest BCUT2D eigenvalue weighted by atomic mass is 16.7. The van der Waals surface area contributed by atoms with Crippen molar-refractivity contribution in [2.75, 3.05) is 6.54 Å². The summed E-state index contributed by atoms with van der Waals surface area (Å²) >= 11 is 0. The summed E-state index contributed by atoms with van der Waals surface area (Å²) in [5, 5.41) is 14.4. The van der Waals surface area contributed by atoms with Crippen LogP contribution in [0, 0.1) is 0 Å². The third-order valence-corrected chi connectivity index (χ3v) is 4.44. The molecular formula is C16H24N4O2. The second-order valence-electron chi connectivity index (χ2n) is 6.66. The molecule has 0 spiro atoms. The van der Waals surface area contributed by atoms with Gasteiger partial charge in [0, 0.05) is 25.0 Å². The van der Waals surface area contributed by atoms with Crippen LogP contribution in [0.1, 0.15) is 56.5 Å². The van der Waals surface area contributed by atoms with Gasteiger partial charge in [0.2, 0.25) is 5.91 Å². The second-order valence-corrected chi connectivity index (χ2v) is 6.66. The normalized spacial score (nSPS) is 23.6. The van der Waals surface area contributed by atoms with Crippen molar-refractivity contribution < 1.29 is 9.63 Å². The minimum Gasteiger partial charge on any atom is -0.387 e. The van der Waals surface area contributed by atoms with Crippen molar-refractivity contribution in [3.05, 3.63) is 17.0 Å². The summed E-state index contributed by atoms with van der Waals surface area (Å²) in [4.78, 5) is 17.4. The predicted octanol–water partition coefficient (Wildman–Crippen LogP) is 1.89. The molecule has 2 heterocycles. The zero-order valence-electron chi connectivity index (χ0n) is 13.4. The van der Waals surface area contributed by atoms with Crippen LogP contribution in [-0.4, -0.2) is 34.0 Å². The maximum atomic E-state index is 12.0.